The third-order valence-electron chi connectivity index (χ3n) is 2.78. The highest BCUT2D eigenvalue weighted by Crippen LogP contribution is 2.10. The number of carbonyl (C=O) groups excluding carboxylic acids is 1. The first-order valence-electron chi connectivity index (χ1n) is 5.50. The minimum atomic E-state index is -0.284. The fourth-order valence-electron chi connectivity index (χ4n) is 1.86. The SMILES string of the molecule is NCC1COCCN1C(=O)c1cc[nH]c(=O)c1. The molecule has 1 aromatic rings. The zero-order valence-corrected chi connectivity index (χ0v) is 9.39. The van der Waals surface area contributed by atoms with Crippen molar-refractivity contribution in [1.29, 1.82) is 0 Å². The van der Waals surface area contributed by atoms with Crippen LogP contribution >= 0.6 is 0 Å². The van der Waals surface area contributed by atoms with Crippen molar-refractivity contribution < 1.29 is 9.53 Å². The van der Waals surface area contributed by atoms with E-state index in [2.05, 4.69) is 4.98 Å². The molecule has 0 aromatic carbocycles. The molecule has 1 aliphatic rings. The van der Waals surface area contributed by atoms with Crippen LogP contribution in [0, 0.1) is 0 Å². The molecule has 0 aliphatic carbocycles. The molecule has 0 radical (unpaired) electrons. The summed E-state index contributed by atoms with van der Waals surface area (Å²) in [5.74, 6) is -0.171. The third kappa shape index (κ3) is 2.54. The van der Waals surface area contributed by atoms with E-state index in [1.54, 1.807) is 11.0 Å². The highest BCUT2D eigenvalue weighted by molar-refractivity contribution is 5.94. The lowest BCUT2D eigenvalue weighted by Gasteiger charge is -2.34. The van der Waals surface area contributed by atoms with E-state index in [1.165, 1.54) is 12.3 Å². The number of H-pyrrole nitrogens is 1. The number of aromatic amines is 1. The van der Waals surface area contributed by atoms with Crippen LogP contribution in [0.15, 0.2) is 23.1 Å². The molecule has 92 valence electrons. The molecule has 2 rings (SSSR count). The van der Waals surface area contributed by atoms with Gasteiger partial charge in [-0.25, -0.2) is 0 Å². The van der Waals surface area contributed by atoms with Crippen molar-refractivity contribution in [1.82, 2.24) is 9.88 Å². The Hall–Kier alpha value is -1.66. The molecule has 0 bridgehead atoms. The number of nitrogens with zero attached hydrogens (tertiary/aromatic N) is 1. The zero-order chi connectivity index (χ0) is 12.3. The predicted octanol–water partition coefficient (Wildman–Crippen LogP) is -0.825. The molecule has 1 saturated heterocycles. The van der Waals surface area contributed by atoms with Crippen molar-refractivity contribution >= 4 is 5.91 Å². The highest BCUT2D eigenvalue weighted by Gasteiger charge is 2.26. The maximum Gasteiger partial charge on any atom is 0.254 e. The molecule has 17 heavy (non-hydrogen) atoms. The summed E-state index contributed by atoms with van der Waals surface area (Å²) < 4.78 is 5.27. The van der Waals surface area contributed by atoms with Crippen LogP contribution < -0.4 is 11.3 Å². The monoisotopic (exact) mass is 237 g/mol. The number of nitrogens with two attached hydrogens (primary N) is 1. The number of amides is 1. The molecule has 6 heteroatoms. The van der Waals surface area contributed by atoms with Crippen molar-refractivity contribution in [2.45, 2.75) is 6.04 Å². The second kappa shape index (κ2) is 5.11. The van der Waals surface area contributed by atoms with Crippen molar-refractivity contribution in [2.24, 2.45) is 5.73 Å². The molecule has 1 aromatic heterocycles. The number of rotatable bonds is 2. The number of carbonyl (C=O) groups is 1. The van der Waals surface area contributed by atoms with Crippen LogP contribution in [0.2, 0.25) is 0 Å². The van der Waals surface area contributed by atoms with Crippen molar-refractivity contribution in [3.8, 4) is 0 Å². The van der Waals surface area contributed by atoms with E-state index < -0.39 is 0 Å². The molecule has 0 spiro atoms. The van der Waals surface area contributed by atoms with Crippen molar-refractivity contribution in [3.05, 3.63) is 34.2 Å². The number of hydrogen-bond acceptors (Lipinski definition) is 4. The largest absolute Gasteiger partial charge is 0.377 e. The molecule has 3 N–H and O–H groups in total. The fourth-order valence-corrected chi connectivity index (χ4v) is 1.86. The van der Waals surface area contributed by atoms with E-state index in [-0.39, 0.29) is 17.5 Å². The van der Waals surface area contributed by atoms with Crippen LogP contribution in [-0.2, 0) is 4.74 Å². The summed E-state index contributed by atoms with van der Waals surface area (Å²) in [6.07, 6.45) is 1.47. The van der Waals surface area contributed by atoms with Gasteiger partial charge < -0.3 is 20.4 Å². The van der Waals surface area contributed by atoms with E-state index in [4.69, 9.17) is 10.5 Å². The van der Waals surface area contributed by atoms with E-state index in [1.807, 2.05) is 0 Å². The van der Waals surface area contributed by atoms with E-state index in [9.17, 15) is 9.59 Å². The Balaban J connectivity index is 2.21. The maximum absolute atomic E-state index is 12.2. The Morgan fingerprint density at radius 3 is 3.18 bits per heavy atom. The van der Waals surface area contributed by atoms with Crippen LogP contribution in [0.25, 0.3) is 0 Å². The minimum Gasteiger partial charge on any atom is -0.377 e. The van der Waals surface area contributed by atoms with Gasteiger partial charge in [-0.05, 0) is 6.07 Å². The van der Waals surface area contributed by atoms with Crippen molar-refractivity contribution in [2.75, 3.05) is 26.3 Å². The lowest BCUT2D eigenvalue weighted by Crippen LogP contribution is -2.52. The number of morpholine rings is 1. The Bertz CT molecular complexity index is 457. The molecular formula is C11H15N3O3. The maximum atomic E-state index is 12.2. The van der Waals surface area contributed by atoms with Gasteiger partial charge >= 0.3 is 0 Å². The fraction of sp³-hybridized carbons (Fsp3) is 0.455. The number of ether oxygens (including phenoxy) is 1. The summed E-state index contributed by atoms with van der Waals surface area (Å²) in [6, 6.07) is 2.77. The van der Waals surface area contributed by atoms with Gasteiger partial charge in [0.2, 0.25) is 5.56 Å². The third-order valence-corrected chi connectivity index (χ3v) is 2.78. The molecule has 6 nitrogen and oxygen atoms in total. The van der Waals surface area contributed by atoms with Crippen LogP contribution in [0.1, 0.15) is 10.4 Å². The Morgan fingerprint density at radius 2 is 2.47 bits per heavy atom. The van der Waals surface area contributed by atoms with Gasteiger partial charge in [0.15, 0.2) is 0 Å². The molecular weight excluding hydrogens is 222 g/mol. The van der Waals surface area contributed by atoms with E-state index >= 15 is 0 Å². The standard InChI is InChI=1S/C11H15N3O3/c12-6-9-7-17-4-3-14(9)11(16)8-1-2-13-10(15)5-8/h1-2,5,9H,3-4,6-7,12H2,(H,13,15). The molecule has 2 heterocycles. The summed E-state index contributed by atoms with van der Waals surface area (Å²) in [5, 5.41) is 0. The van der Waals surface area contributed by atoms with Gasteiger partial charge in [0.25, 0.3) is 5.91 Å². The number of aromatic nitrogens is 1. The number of pyridine rings is 1. The first-order valence-corrected chi connectivity index (χ1v) is 5.50. The molecule has 1 unspecified atom stereocenters. The second-order valence-corrected chi connectivity index (χ2v) is 3.90. The summed E-state index contributed by atoms with van der Waals surface area (Å²) >= 11 is 0. The summed E-state index contributed by atoms with van der Waals surface area (Å²) in [4.78, 5) is 27.5. The van der Waals surface area contributed by atoms with Crippen LogP contribution in [-0.4, -0.2) is 48.1 Å². The second-order valence-electron chi connectivity index (χ2n) is 3.90. The average Bonchev–Trinajstić information content (AvgIpc) is 2.38. The molecule has 1 atom stereocenters. The lowest BCUT2D eigenvalue weighted by atomic mass is 10.1. The topological polar surface area (TPSA) is 88.4 Å². The molecule has 1 aliphatic heterocycles. The average molecular weight is 237 g/mol. The summed E-state index contributed by atoms with van der Waals surface area (Å²) in [6.45, 7) is 1.82. The Kier molecular flexibility index (Phi) is 3.55. The highest BCUT2D eigenvalue weighted by atomic mass is 16.5. The number of hydrogen-bond donors (Lipinski definition) is 2. The van der Waals surface area contributed by atoms with Crippen LogP contribution in [0.3, 0.4) is 0 Å². The quantitative estimate of drug-likeness (QED) is 0.703. The predicted molar refractivity (Wildman–Crippen MR) is 61.8 cm³/mol. The van der Waals surface area contributed by atoms with Crippen LogP contribution in [0.4, 0.5) is 0 Å². The first-order chi connectivity index (χ1) is 8.22. The number of nitrogens with one attached hydrogen (secondary N) is 1. The van der Waals surface area contributed by atoms with Crippen molar-refractivity contribution in [3.63, 3.8) is 0 Å². The summed E-state index contributed by atoms with van der Waals surface area (Å²) in [5.41, 5.74) is 5.70. The van der Waals surface area contributed by atoms with Gasteiger partial charge in [-0.15, -0.1) is 0 Å². The smallest absolute Gasteiger partial charge is 0.254 e. The Morgan fingerprint density at radius 1 is 1.65 bits per heavy atom. The van der Waals surface area contributed by atoms with Gasteiger partial charge in [0.1, 0.15) is 0 Å². The van der Waals surface area contributed by atoms with Gasteiger partial charge in [-0.1, -0.05) is 0 Å². The van der Waals surface area contributed by atoms with Crippen LogP contribution in [0.5, 0.6) is 0 Å². The van der Waals surface area contributed by atoms with Gasteiger partial charge in [-0.2, -0.15) is 0 Å². The first kappa shape index (κ1) is 11.8. The lowest BCUT2D eigenvalue weighted by molar-refractivity contribution is 0.000827. The van der Waals surface area contributed by atoms with E-state index in [0.29, 0.717) is 31.9 Å². The van der Waals surface area contributed by atoms with E-state index in [0.717, 1.165) is 0 Å². The Labute approximate surface area is 98.4 Å². The van der Waals surface area contributed by atoms with Gasteiger partial charge in [0.05, 0.1) is 19.3 Å². The van der Waals surface area contributed by atoms with Gasteiger partial charge in [0, 0.05) is 30.9 Å². The zero-order valence-electron chi connectivity index (χ0n) is 9.39. The minimum absolute atomic E-state index is 0.115. The molecule has 0 saturated carbocycles. The normalized spacial score (nSPS) is 20.3. The summed E-state index contributed by atoms with van der Waals surface area (Å²) in [7, 11) is 0. The molecule has 1 fully saturated rings. The molecule has 1 amide bonds. The van der Waals surface area contributed by atoms with Gasteiger partial charge in [-0.3, -0.25) is 9.59 Å².